The van der Waals surface area contributed by atoms with Gasteiger partial charge in [-0.3, -0.25) is 4.79 Å². The Balaban J connectivity index is 1.68. The summed E-state index contributed by atoms with van der Waals surface area (Å²) in [6.07, 6.45) is 2.98. The summed E-state index contributed by atoms with van der Waals surface area (Å²) in [4.78, 5) is 18.8. The van der Waals surface area contributed by atoms with Crippen LogP contribution >= 0.6 is 11.3 Å². The molecule has 0 spiro atoms. The van der Waals surface area contributed by atoms with Crippen molar-refractivity contribution in [2.24, 2.45) is 0 Å². The van der Waals surface area contributed by atoms with Crippen molar-refractivity contribution in [3.63, 3.8) is 0 Å². The second kappa shape index (κ2) is 7.66. The molecule has 1 aromatic carbocycles. The fraction of sp³-hybridized carbons (Fsp3) is 0.261. The number of aromatic nitrogens is 3. The van der Waals surface area contributed by atoms with Crippen molar-refractivity contribution in [1.82, 2.24) is 14.6 Å². The molecular weight excluding hydrogens is 398 g/mol. The summed E-state index contributed by atoms with van der Waals surface area (Å²) >= 11 is 1.70. The van der Waals surface area contributed by atoms with Crippen molar-refractivity contribution in [1.29, 1.82) is 0 Å². The summed E-state index contributed by atoms with van der Waals surface area (Å²) in [5.74, 6) is 1.09. The summed E-state index contributed by atoms with van der Waals surface area (Å²) in [7, 11) is 3.30. The standard InChI is InChI=1S/C23H21N3O3S/c1-28-13-18-22(14-5-7-16(29-2)8-6-14)23-24-12-17-19(26(23)25-18)10-15(11-20(17)27)21-4-3-9-30-21/h3-9,12,15H,10-11,13H2,1-2H3/t15-/m1/s1. The fourth-order valence-electron chi connectivity index (χ4n) is 4.16. The Bertz CT molecular complexity index is 1210. The van der Waals surface area contributed by atoms with E-state index in [0.29, 0.717) is 18.6 Å². The molecule has 6 nitrogen and oxygen atoms in total. The first-order chi connectivity index (χ1) is 14.7. The average molecular weight is 420 g/mol. The number of hydrogen-bond acceptors (Lipinski definition) is 6. The number of methoxy groups -OCH3 is 2. The van der Waals surface area contributed by atoms with Crippen molar-refractivity contribution in [2.45, 2.75) is 25.4 Å². The first-order valence-corrected chi connectivity index (χ1v) is 10.7. The Hall–Kier alpha value is -3.03. The molecule has 0 saturated heterocycles. The van der Waals surface area contributed by atoms with Crippen LogP contribution < -0.4 is 4.74 Å². The number of Topliss-reactive ketones (excluding diaryl/α,β-unsaturated/α-hetero) is 1. The Kier molecular flexibility index (Phi) is 4.84. The van der Waals surface area contributed by atoms with E-state index in [2.05, 4.69) is 16.4 Å². The molecule has 0 radical (unpaired) electrons. The highest BCUT2D eigenvalue weighted by Crippen LogP contribution is 2.37. The quantitative estimate of drug-likeness (QED) is 0.476. The molecule has 0 N–H and O–H groups in total. The minimum absolute atomic E-state index is 0.124. The van der Waals surface area contributed by atoms with Crippen molar-refractivity contribution in [3.8, 4) is 16.9 Å². The number of carbonyl (C=O) groups excluding carboxylic acids is 1. The number of thiophene rings is 1. The average Bonchev–Trinajstić information content (AvgIpc) is 3.42. The van der Waals surface area contributed by atoms with Gasteiger partial charge in [0.05, 0.1) is 36.2 Å². The second-order valence-electron chi connectivity index (χ2n) is 7.38. The molecular formula is C23H21N3O3S. The molecule has 3 aromatic heterocycles. The number of hydrogen-bond donors (Lipinski definition) is 0. The zero-order valence-electron chi connectivity index (χ0n) is 16.8. The van der Waals surface area contributed by atoms with Gasteiger partial charge in [0.15, 0.2) is 11.4 Å². The van der Waals surface area contributed by atoms with Gasteiger partial charge in [-0.05, 0) is 35.6 Å². The van der Waals surface area contributed by atoms with E-state index in [0.717, 1.165) is 40.3 Å². The van der Waals surface area contributed by atoms with E-state index in [-0.39, 0.29) is 11.7 Å². The number of fused-ring (bicyclic) bond motifs is 3. The van der Waals surface area contributed by atoms with Gasteiger partial charge < -0.3 is 9.47 Å². The van der Waals surface area contributed by atoms with Crippen LogP contribution in [-0.2, 0) is 17.8 Å². The highest BCUT2D eigenvalue weighted by atomic mass is 32.1. The maximum absolute atomic E-state index is 12.9. The zero-order chi connectivity index (χ0) is 20.7. The summed E-state index contributed by atoms with van der Waals surface area (Å²) in [6, 6.07) is 12.0. The lowest BCUT2D eigenvalue weighted by Gasteiger charge is -2.23. The molecule has 0 aliphatic heterocycles. The SMILES string of the molecule is COCc1nn2c3c(cnc2c1-c1ccc(OC)cc1)C(=O)C[C@H](c1cccs1)C3. The van der Waals surface area contributed by atoms with Gasteiger partial charge in [-0.25, -0.2) is 9.50 Å². The highest BCUT2D eigenvalue weighted by molar-refractivity contribution is 7.10. The van der Waals surface area contributed by atoms with Crippen LogP contribution in [-0.4, -0.2) is 34.6 Å². The molecule has 1 atom stereocenters. The number of ether oxygens (including phenoxy) is 2. The van der Waals surface area contributed by atoms with E-state index in [4.69, 9.17) is 14.6 Å². The van der Waals surface area contributed by atoms with Crippen molar-refractivity contribution < 1.29 is 14.3 Å². The lowest BCUT2D eigenvalue weighted by atomic mass is 9.85. The normalized spacial score (nSPS) is 16.1. The van der Waals surface area contributed by atoms with E-state index < -0.39 is 0 Å². The van der Waals surface area contributed by atoms with Crippen LogP contribution in [0.3, 0.4) is 0 Å². The van der Waals surface area contributed by atoms with Gasteiger partial charge in [0.1, 0.15) is 5.75 Å². The third-order valence-electron chi connectivity index (χ3n) is 5.59. The van der Waals surface area contributed by atoms with Gasteiger partial charge >= 0.3 is 0 Å². The first kappa shape index (κ1) is 19.0. The van der Waals surface area contributed by atoms with Crippen LogP contribution in [0.2, 0.25) is 0 Å². The molecule has 0 fully saturated rings. The molecule has 3 heterocycles. The summed E-state index contributed by atoms with van der Waals surface area (Å²) in [5.41, 5.74) is 5.05. The fourth-order valence-corrected chi connectivity index (χ4v) is 4.99. The van der Waals surface area contributed by atoms with Gasteiger partial charge in [-0.2, -0.15) is 5.10 Å². The molecule has 30 heavy (non-hydrogen) atoms. The second-order valence-corrected chi connectivity index (χ2v) is 8.36. The Labute approximate surface area is 178 Å². The zero-order valence-corrected chi connectivity index (χ0v) is 17.6. The van der Waals surface area contributed by atoms with Crippen LogP contribution in [0.1, 0.15) is 39.0 Å². The molecule has 1 aliphatic carbocycles. The maximum Gasteiger partial charge on any atom is 0.166 e. The van der Waals surface area contributed by atoms with E-state index in [1.165, 1.54) is 4.88 Å². The van der Waals surface area contributed by atoms with Crippen LogP contribution in [0.5, 0.6) is 5.75 Å². The Morgan fingerprint density at radius 1 is 1.17 bits per heavy atom. The highest BCUT2D eigenvalue weighted by Gasteiger charge is 2.31. The molecule has 0 unspecified atom stereocenters. The molecule has 152 valence electrons. The molecule has 0 amide bonds. The predicted octanol–water partition coefficient (Wildman–Crippen LogP) is 4.53. The maximum atomic E-state index is 12.9. The minimum atomic E-state index is 0.124. The Morgan fingerprint density at radius 2 is 2.00 bits per heavy atom. The van der Waals surface area contributed by atoms with Crippen LogP contribution in [0.4, 0.5) is 0 Å². The third kappa shape index (κ3) is 3.11. The predicted molar refractivity (Wildman–Crippen MR) is 115 cm³/mol. The van der Waals surface area contributed by atoms with Crippen LogP contribution in [0.15, 0.2) is 48.0 Å². The van der Waals surface area contributed by atoms with Gasteiger partial charge in [0.2, 0.25) is 0 Å². The minimum Gasteiger partial charge on any atom is -0.497 e. The number of nitrogens with zero attached hydrogens (tertiary/aromatic N) is 3. The van der Waals surface area contributed by atoms with Gasteiger partial charge in [-0.1, -0.05) is 18.2 Å². The largest absolute Gasteiger partial charge is 0.497 e. The van der Waals surface area contributed by atoms with E-state index in [1.807, 2.05) is 34.8 Å². The molecule has 4 aromatic rings. The lowest BCUT2D eigenvalue weighted by Crippen LogP contribution is -2.22. The van der Waals surface area contributed by atoms with Crippen molar-refractivity contribution in [3.05, 3.63) is 69.8 Å². The summed E-state index contributed by atoms with van der Waals surface area (Å²) < 4.78 is 12.6. The number of carbonyl (C=O) groups is 1. The topological polar surface area (TPSA) is 65.7 Å². The van der Waals surface area contributed by atoms with Gasteiger partial charge in [0.25, 0.3) is 0 Å². The molecule has 5 rings (SSSR count). The number of ketones is 1. The number of rotatable bonds is 5. The van der Waals surface area contributed by atoms with E-state index in [1.54, 1.807) is 31.8 Å². The third-order valence-corrected chi connectivity index (χ3v) is 6.63. The van der Waals surface area contributed by atoms with Crippen LogP contribution in [0, 0.1) is 0 Å². The summed E-state index contributed by atoms with van der Waals surface area (Å²) in [6.45, 7) is 0.363. The van der Waals surface area contributed by atoms with E-state index >= 15 is 0 Å². The van der Waals surface area contributed by atoms with E-state index in [9.17, 15) is 4.79 Å². The molecule has 1 aliphatic rings. The van der Waals surface area contributed by atoms with Crippen LogP contribution in [0.25, 0.3) is 16.8 Å². The lowest BCUT2D eigenvalue weighted by molar-refractivity contribution is 0.0962. The summed E-state index contributed by atoms with van der Waals surface area (Å²) in [5, 5.41) is 6.89. The molecule has 7 heteroatoms. The molecule has 0 bridgehead atoms. The number of benzene rings is 1. The smallest absolute Gasteiger partial charge is 0.166 e. The van der Waals surface area contributed by atoms with Crippen molar-refractivity contribution in [2.75, 3.05) is 14.2 Å². The molecule has 0 saturated carbocycles. The monoisotopic (exact) mass is 419 g/mol. The van der Waals surface area contributed by atoms with Gasteiger partial charge in [-0.15, -0.1) is 11.3 Å². The Morgan fingerprint density at radius 3 is 2.70 bits per heavy atom. The first-order valence-electron chi connectivity index (χ1n) is 9.79. The van der Waals surface area contributed by atoms with Gasteiger partial charge in [0, 0.05) is 30.5 Å². The van der Waals surface area contributed by atoms with Crippen molar-refractivity contribution >= 4 is 22.8 Å².